The van der Waals surface area contributed by atoms with Gasteiger partial charge in [-0.15, -0.1) is 0 Å². The van der Waals surface area contributed by atoms with Gasteiger partial charge in [0.15, 0.2) is 0 Å². The number of benzene rings is 1. The Morgan fingerprint density at radius 2 is 2.00 bits per heavy atom. The fraction of sp³-hybridized carbons (Fsp3) is 0.500. The average Bonchev–Trinajstić information content (AvgIpc) is 2.73. The van der Waals surface area contributed by atoms with Crippen molar-refractivity contribution in [2.24, 2.45) is 5.92 Å². The van der Waals surface area contributed by atoms with E-state index in [2.05, 4.69) is 67.1 Å². The lowest BCUT2D eigenvalue weighted by atomic mass is 10.0. The van der Waals surface area contributed by atoms with E-state index in [-0.39, 0.29) is 6.04 Å². The van der Waals surface area contributed by atoms with Gasteiger partial charge in [0.05, 0.1) is 6.04 Å². The SMILES string of the molecule is CCCNC(c1cc2cc(Br)cc(C)c2o1)C(C)C. The van der Waals surface area contributed by atoms with Crippen LogP contribution < -0.4 is 5.32 Å². The molecular weight excluding hydrogens is 302 g/mol. The van der Waals surface area contributed by atoms with E-state index in [1.807, 2.05) is 0 Å². The first-order valence-corrected chi connectivity index (χ1v) is 7.75. The van der Waals surface area contributed by atoms with E-state index in [0.29, 0.717) is 5.92 Å². The van der Waals surface area contributed by atoms with Crippen LogP contribution in [0.2, 0.25) is 0 Å². The van der Waals surface area contributed by atoms with Crippen molar-refractivity contribution in [1.29, 1.82) is 0 Å². The quantitative estimate of drug-likeness (QED) is 0.818. The summed E-state index contributed by atoms with van der Waals surface area (Å²) in [6, 6.07) is 6.66. The van der Waals surface area contributed by atoms with Gasteiger partial charge in [0.2, 0.25) is 0 Å². The van der Waals surface area contributed by atoms with Crippen molar-refractivity contribution in [3.63, 3.8) is 0 Å². The number of furan rings is 1. The highest BCUT2D eigenvalue weighted by Gasteiger charge is 2.19. The first-order valence-electron chi connectivity index (χ1n) is 6.96. The Labute approximate surface area is 123 Å². The Morgan fingerprint density at radius 1 is 1.26 bits per heavy atom. The van der Waals surface area contributed by atoms with E-state index < -0.39 is 0 Å². The molecule has 2 rings (SSSR count). The van der Waals surface area contributed by atoms with Crippen LogP contribution in [-0.2, 0) is 0 Å². The zero-order valence-electron chi connectivity index (χ0n) is 12.1. The highest BCUT2D eigenvalue weighted by molar-refractivity contribution is 9.10. The third kappa shape index (κ3) is 3.21. The summed E-state index contributed by atoms with van der Waals surface area (Å²) in [6.07, 6.45) is 1.13. The van der Waals surface area contributed by atoms with Gasteiger partial charge in [-0.05, 0) is 49.6 Å². The van der Waals surface area contributed by atoms with Gasteiger partial charge in [0, 0.05) is 9.86 Å². The van der Waals surface area contributed by atoms with Gasteiger partial charge in [-0.3, -0.25) is 0 Å². The molecule has 0 fully saturated rings. The molecule has 19 heavy (non-hydrogen) atoms. The summed E-state index contributed by atoms with van der Waals surface area (Å²) in [5.41, 5.74) is 2.18. The molecule has 0 saturated heterocycles. The summed E-state index contributed by atoms with van der Waals surface area (Å²) in [7, 11) is 0. The van der Waals surface area contributed by atoms with E-state index in [1.165, 1.54) is 10.9 Å². The number of nitrogens with one attached hydrogen (secondary N) is 1. The molecule has 0 saturated carbocycles. The van der Waals surface area contributed by atoms with Gasteiger partial charge in [-0.25, -0.2) is 0 Å². The molecule has 1 heterocycles. The second-order valence-corrected chi connectivity index (χ2v) is 6.38. The van der Waals surface area contributed by atoms with Crippen LogP contribution in [0.15, 0.2) is 27.1 Å². The lowest BCUT2D eigenvalue weighted by molar-refractivity contribution is 0.351. The highest BCUT2D eigenvalue weighted by atomic mass is 79.9. The normalized spacial score (nSPS) is 13.4. The van der Waals surface area contributed by atoms with Crippen molar-refractivity contribution < 1.29 is 4.42 Å². The van der Waals surface area contributed by atoms with Crippen LogP contribution in [-0.4, -0.2) is 6.54 Å². The number of hydrogen-bond acceptors (Lipinski definition) is 2. The maximum absolute atomic E-state index is 6.09. The van der Waals surface area contributed by atoms with Crippen molar-refractivity contribution in [3.8, 4) is 0 Å². The molecular formula is C16H22BrNO. The molecule has 3 heteroatoms. The van der Waals surface area contributed by atoms with Gasteiger partial charge in [0.1, 0.15) is 11.3 Å². The van der Waals surface area contributed by atoms with Crippen LogP contribution in [0, 0.1) is 12.8 Å². The van der Waals surface area contributed by atoms with E-state index in [0.717, 1.165) is 28.8 Å². The van der Waals surface area contributed by atoms with Crippen LogP contribution in [0.4, 0.5) is 0 Å². The Morgan fingerprint density at radius 3 is 2.63 bits per heavy atom. The Hall–Kier alpha value is -0.800. The zero-order valence-corrected chi connectivity index (χ0v) is 13.7. The molecule has 2 aromatic rings. The molecule has 1 atom stereocenters. The minimum absolute atomic E-state index is 0.283. The molecule has 1 aromatic carbocycles. The maximum Gasteiger partial charge on any atom is 0.137 e. The fourth-order valence-corrected chi connectivity index (χ4v) is 3.01. The smallest absolute Gasteiger partial charge is 0.137 e. The molecule has 0 bridgehead atoms. The van der Waals surface area contributed by atoms with Gasteiger partial charge in [-0.1, -0.05) is 36.7 Å². The Kier molecular flexibility index (Phi) is 4.69. The highest BCUT2D eigenvalue weighted by Crippen LogP contribution is 2.31. The molecule has 0 amide bonds. The second kappa shape index (κ2) is 6.10. The largest absolute Gasteiger partial charge is 0.459 e. The fourth-order valence-electron chi connectivity index (χ4n) is 2.42. The molecule has 1 aromatic heterocycles. The minimum atomic E-state index is 0.283. The predicted molar refractivity (Wildman–Crippen MR) is 84.5 cm³/mol. The first kappa shape index (κ1) is 14.6. The molecule has 1 N–H and O–H groups in total. The van der Waals surface area contributed by atoms with Crippen molar-refractivity contribution in [2.45, 2.75) is 40.2 Å². The molecule has 1 unspecified atom stereocenters. The summed E-state index contributed by atoms with van der Waals surface area (Å²) in [5, 5.41) is 4.75. The predicted octanol–water partition coefficient (Wildman–Crippen LogP) is 5.20. The van der Waals surface area contributed by atoms with Crippen LogP contribution in [0.1, 0.15) is 44.6 Å². The molecule has 0 aliphatic rings. The van der Waals surface area contributed by atoms with E-state index in [4.69, 9.17) is 4.42 Å². The summed E-state index contributed by atoms with van der Waals surface area (Å²) >= 11 is 3.54. The summed E-state index contributed by atoms with van der Waals surface area (Å²) < 4.78 is 7.20. The second-order valence-electron chi connectivity index (χ2n) is 5.47. The first-order chi connectivity index (χ1) is 9.02. The minimum Gasteiger partial charge on any atom is -0.459 e. The monoisotopic (exact) mass is 323 g/mol. The molecule has 104 valence electrons. The number of fused-ring (bicyclic) bond motifs is 1. The molecule has 0 spiro atoms. The lowest BCUT2D eigenvalue weighted by Gasteiger charge is -2.19. The molecule has 0 aliphatic heterocycles. The van der Waals surface area contributed by atoms with E-state index in [1.54, 1.807) is 0 Å². The molecule has 0 radical (unpaired) electrons. The average molecular weight is 324 g/mol. The van der Waals surface area contributed by atoms with Crippen LogP contribution in [0.25, 0.3) is 11.0 Å². The third-order valence-corrected chi connectivity index (χ3v) is 3.83. The Bertz CT molecular complexity index is 559. The van der Waals surface area contributed by atoms with Gasteiger partial charge >= 0.3 is 0 Å². The number of halogens is 1. The lowest BCUT2D eigenvalue weighted by Crippen LogP contribution is -2.25. The van der Waals surface area contributed by atoms with Gasteiger partial charge < -0.3 is 9.73 Å². The van der Waals surface area contributed by atoms with Crippen molar-refractivity contribution >= 4 is 26.9 Å². The van der Waals surface area contributed by atoms with Gasteiger partial charge in [-0.2, -0.15) is 0 Å². The van der Waals surface area contributed by atoms with Gasteiger partial charge in [0.25, 0.3) is 0 Å². The van der Waals surface area contributed by atoms with Crippen LogP contribution >= 0.6 is 15.9 Å². The van der Waals surface area contributed by atoms with E-state index in [9.17, 15) is 0 Å². The standard InChI is InChI=1S/C16H22BrNO/c1-5-6-18-15(10(2)3)14-9-12-8-13(17)7-11(4)16(12)19-14/h7-10,15,18H,5-6H2,1-4H3. The zero-order chi connectivity index (χ0) is 14.0. The number of hydrogen-bond donors (Lipinski definition) is 1. The molecule has 2 nitrogen and oxygen atoms in total. The summed E-state index contributed by atoms with van der Waals surface area (Å²) in [5.74, 6) is 1.55. The van der Waals surface area contributed by atoms with Crippen molar-refractivity contribution in [1.82, 2.24) is 5.32 Å². The van der Waals surface area contributed by atoms with E-state index >= 15 is 0 Å². The van der Waals surface area contributed by atoms with Crippen molar-refractivity contribution in [2.75, 3.05) is 6.54 Å². The molecule has 0 aliphatic carbocycles. The summed E-state index contributed by atoms with van der Waals surface area (Å²) in [6.45, 7) is 9.74. The van der Waals surface area contributed by atoms with Crippen molar-refractivity contribution in [3.05, 3.63) is 34.0 Å². The maximum atomic E-state index is 6.09. The van der Waals surface area contributed by atoms with Crippen LogP contribution in [0.5, 0.6) is 0 Å². The Balaban J connectivity index is 2.40. The topological polar surface area (TPSA) is 25.2 Å². The number of aryl methyl sites for hydroxylation is 1. The number of rotatable bonds is 5. The van der Waals surface area contributed by atoms with Crippen LogP contribution in [0.3, 0.4) is 0 Å². The third-order valence-electron chi connectivity index (χ3n) is 3.37. The summed E-state index contributed by atoms with van der Waals surface area (Å²) in [4.78, 5) is 0.